The summed E-state index contributed by atoms with van der Waals surface area (Å²) in [6.45, 7) is 0. The predicted octanol–water partition coefficient (Wildman–Crippen LogP) is 6.58. The number of carbonyl (C=O) groups excluding carboxylic acids is 1. The number of carbonyl (C=O) groups is 1. The second-order valence-electron chi connectivity index (χ2n) is 7.12. The van der Waals surface area contributed by atoms with Gasteiger partial charge in [0.2, 0.25) is 0 Å². The van der Waals surface area contributed by atoms with Crippen molar-refractivity contribution in [3.05, 3.63) is 75.9 Å². The van der Waals surface area contributed by atoms with Crippen molar-refractivity contribution in [1.29, 1.82) is 0 Å². The molecular formula is C24H17ClN4O2S2. The number of rotatable bonds is 5. The standard InChI is InChI=1S/C24H17ClN4O2S2/c1-31-16-4-2-3-14(11-16)19-12-32-24(28-19)29-22(30)21-20(26)17-9-10-18(27-23(17)33-21)13-5-7-15(25)8-6-13/h2-12H,26H2,1H3,(H,28,29,30). The molecule has 1 amide bonds. The van der Waals surface area contributed by atoms with Gasteiger partial charge in [0.25, 0.3) is 5.91 Å². The van der Waals surface area contributed by atoms with Crippen LogP contribution >= 0.6 is 34.3 Å². The minimum absolute atomic E-state index is 0.310. The maximum absolute atomic E-state index is 13.0. The molecule has 0 aliphatic heterocycles. The van der Waals surface area contributed by atoms with Crippen LogP contribution in [0.15, 0.2) is 66.0 Å². The zero-order valence-electron chi connectivity index (χ0n) is 17.3. The number of aromatic nitrogens is 2. The molecule has 0 fully saturated rings. The average Bonchev–Trinajstić information content (AvgIpc) is 3.44. The highest BCUT2D eigenvalue weighted by Gasteiger charge is 2.19. The molecule has 0 saturated carbocycles. The number of thiophene rings is 1. The van der Waals surface area contributed by atoms with Crippen LogP contribution in [0.1, 0.15) is 9.67 Å². The Morgan fingerprint density at radius 1 is 1.03 bits per heavy atom. The van der Waals surface area contributed by atoms with Gasteiger partial charge in [0, 0.05) is 26.9 Å². The van der Waals surface area contributed by atoms with Gasteiger partial charge in [-0.3, -0.25) is 10.1 Å². The van der Waals surface area contributed by atoms with Gasteiger partial charge >= 0.3 is 0 Å². The molecule has 164 valence electrons. The van der Waals surface area contributed by atoms with Crippen molar-refractivity contribution in [1.82, 2.24) is 9.97 Å². The number of nitrogens with one attached hydrogen (secondary N) is 1. The number of amides is 1. The molecule has 0 radical (unpaired) electrons. The third kappa shape index (κ3) is 4.28. The normalized spacial score (nSPS) is 11.0. The molecule has 3 N–H and O–H groups in total. The van der Waals surface area contributed by atoms with E-state index in [2.05, 4.69) is 10.3 Å². The van der Waals surface area contributed by atoms with E-state index in [4.69, 9.17) is 27.1 Å². The molecule has 5 rings (SSSR count). The molecule has 0 unspecified atom stereocenters. The fourth-order valence-corrected chi connectivity index (χ4v) is 5.18. The van der Waals surface area contributed by atoms with Crippen LogP contribution in [0, 0.1) is 0 Å². The predicted molar refractivity (Wildman–Crippen MR) is 137 cm³/mol. The van der Waals surface area contributed by atoms with E-state index >= 15 is 0 Å². The molecule has 9 heteroatoms. The molecule has 3 aromatic heterocycles. The van der Waals surface area contributed by atoms with Gasteiger partial charge < -0.3 is 10.5 Å². The quantitative estimate of drug-likeness (QED) is 0.289. The summed E-state index contributed by atoms with van der Waals surface area (Å²) in [5, 5.41) is 6.65. The number of hydrogen-bond donors (Lipinski definition) is 2. The Morgan fingerprint density at radius 3 is 2.64 bits per heavy atom. The fraction of sp³-hybridized carbons (Fsp3) is 0.0417. The molecule has 0 atom stereocenters. The molecule has 2 aromatic carbocycles. The first-order valence-corrected chi connectivity index (χ1v) is 12.0. The number of benzene rings is 2. The highest BCUT2D eigenvalue weighted by atomic mass is 35.5. The van der Waals surface area contributed by atoms with Crippen molar-refractivity contribution in [2.45, 2.75) is 0 Å². The number of fused-ring (bicyclic) bond motifs is 1. The Labute approximate surface area is 202 Å². The first-order chi connectivity index (χ1) is 16.0. The summed E-state index contributed by atoms with van der Waals surface area (Å²) < 4.78 is 5.27. The Bertz CT molecular complexity index is 1480. The number of hydrogen-bond acceptors (Lipinski definition) is 7. The molecule has 0 bridgehead atoms. The fourth-order valence-electron chi connectivity index (χ4n) is 3.35. The highest BCUT2D eigenvalue weighted by Crippen LogP contribution is 2.35. The number of nitrogens with zero attached hydrogens (tertiary/aromatic N) is 2. The smallest absolute Gasteiger partial charge is 0.269 e. The zero-order chi connectivity index (χ0) is 22.9. The molecule has 0 saturated heterocycles. The van der Waals surface area contributed by atoms with E-state index in [1.54, 1.807) is 7.11 Å². The lowest BCUT2D eigenvalue weighted by atomic mass is 10.1. The number of pyridine rings is 1. The van der Waals surface area contributed by atoms with Gasteiger partial charge in [0.1, 0.15) is 15.5 Å². The number of nitrogen functional groups attached to an aromatic ring is 1. The summed E-state index contributed by atoms with van der Waals surface area (Å²) in [5.41, 5.74) is 10.1. The molecule has 0 spiro atoms. The maximum atomic E-state index is 13.0. The van der Waals surface area contributed by atoms with Gasteiger partial charge in [-0.25, -0.2) is 9.97 Å². The van der Waals surface area contributed by atoms with Gasteiger partial charge in [-0.15, -0.1) is 22.7 Å². The SMILES string of the molecule is COc1cccc(-c2csc(NC(=O)c3sc4nc(-c5ccc(Cl)cc5)ccc4c3N)n2)c1. The lowest BCUT2D eigenvalue weighted by Gasteiger charge is -2.02. The molecular weight excluding hydrogens is 476 g/mol. The van der Waals surface area contributed by atoms with E-state index in [9.17, 15) is 4.79 Å². The van der Waals surface area contributed by atoms with Crippen molar-refractivity contribution < 1.29 is 9.53 Å². The maximum Gasteiger partial charge on any atom is 0.269 e. The van der Waals surface area contributed by atoms with Crippen LogP contribution in [0.3, 0.4) is 0 Å². The Morgan fingerprint density at radius 2 is 1.85 bits per heavy atom. The van der Waals surface area contributed by atoms with Gasteiger partial charge in [-0.05, 0) is 36.4 Å². The number of anilines is 2. The Hall–Kier alpha value is -3.46. The molecule has 6 nitrogen and oxygen atoms in total. The van der Waals surface area contributed by atoms with Gasteiger partial charge in [-0.2, -0.15) is 0 Å². The van der Waals surface area contributed by atoms with Crippen LogP contribution in [0.4, 0.5) is 10.8 Å². The summed E-state index contributed by atoms with van der Waals surface area (Å²) in [7, 11) is 1.62. The van der Waals surface area contributed by atoms with Crippen LogP contribution in [-0.2, 0) is 0 Å². The topological polar surface area (TPSA) is 90.1 Å². The van der Waals surface area contributed by atoms with Crippen LogP contribution < -0.4 is 15.8 Å². The third-order valence-corrected chi connectivity index (χ3v) is 7.15. The van der Waals surface area contributed by atoms with E-state index < -0.39 is 0 Å². The number of ether oxygens (including phenoxy) is 1. The largest absolute Gasteiger partial charge is 0.497 e. The number of halogens is 1. The average molecular weight is 493 g/mol. The van der Waals surface area contributed by atoms with E-state index in [0.717, 1.165) is 33.7 Å². The molecule has 5 aromatic rings. The van der Waals surface area contributed by atoms with Crippen molar-refractivity contribution in [3.63, 3.8) is 0 Å². The van der Waals surface area contributed by atoms with E-state index in [0.29, 0.717) is 25.5 Å². The number of thiazole rings is 1. The summed E-state index contributed by atoms with van der Waals surface area (Å²) in [6, 6.07) is 18.8. The van der Waals surface area contributed by atoms with Crippen molar-refractivity contribution in [3.8, 4) is 28.3 Å². The summed E-state index contributed by atoms with van der Waals surface area (Å²) in [5.74, 6) is 0.435. The summed E-state index contributed by atoms with van der Waals surface area (Å²) in [4.78, 5) is 23.3. The molecule has 0 aliphatic rings. The summed E-state index contributed by atoms with van der Waals surface area (Å²) >= 11 is 8.59. The van der Waals surface area contributed by atoms with Crippen molar-refractivity contribution in [2.24, 2.45) is 0 Å². The van der Waals surface area contributed by atoms with Crippen LogP contribution in [-0.4, -0.2) is 23.0 Å². The van der Waals surface area contributed by atoms with Crippen LogP contribution in [0.5, 0.6) is 5.75 Å². The molecule has 0 aliphatic carbocycles. The summed E-state index contributed by atoms with van der Waals surface area (Å²) in [6.07, 6.45) is 0. The third-order valence-electron chi connectivity index (χ3n) is 5.03. The van der Waals surface area contributed by atoms with Gasteiger partial charge in [-0.1, -0.05) is 35.9 Å². The van der Waals surface area contributed by atoms with E-state index in [1.807, 2.05) is 66.0 Å². The minimum atomic E-state index is -0.310. The van der Waals surface area contributed by atoms with E-state index in [-0.39, 0.29) is 5.91 Å². The lowest BCUT2D eigenvalue weighted by molar-refractivity contribution is 0.103. The van der Waals surface area contributed by atoms with Crippen molar-refractivity contribution in [2.75, 3.05) is 18.2 Å². The van der Waals surface area contributed by atoms with E-state index in [1.165, 1.54) is 22.7 Å². The second-order valence-corrected chi connectivity index (χ2v) is 9.42. The molecule has 33 heavy (non-hydrogen) atoms. The Balaban J connectivity index is 1.40. The highest BCUT2D eigenvalue weighted by molar-refractivity contribution is 7.21. The van der Waals surface area contributed by atoms with Crippen molar-refractivity contribution >= 4 is 61.2 Å². The zero-order valence-corrected chi connectivity index (χ0v) is 19.7. The van der Waals surface area contributed by atoms with Gasteiger partial charge in [0.05, 0.1) is 24.2 Å². The number of nitrogens with two attached hydrogens (primary N) is 1. The Kier molecular flexibility index (Phi) is 5.72. The first kappa shape index (κ1) is 21.4. The van der Waals surface area contributed by atoms with Crippen LogP contribution in [0.2, 0.25) is 5.02 Å². The second kappa shape index (κ2) is 8.82. The lowest BCUT2D eigenvalue weighted by Crippen LogP contribution is -2.11. The molecule has 3 heterocycles. The number of methoxy groups -OCH3 is 1. The van der Waals surface area contributed by atoms with Gasteiger partial charge in [0.15, 0.2) is 5.13 Å². The monoisotopic (exact) mass is 492 g/mol. The van der Waals surface area contributed by atoms with Crippen LogP contribution in [0.25, 0.3) is 32.7 Å². The minimum Gasteiger partial charge on any atom is -0.497 e. The first-order valence-electron chi connectivity index (χ1n) is 9.88.